The van der Waals surface area contributed by atoms with E-state index in [-0.39, 0.29) is 29.9 Å². The molecular weight excluding hydrogens is 616 g/mol. The number of aliphatic carboxylic acids is 2. The monoisotopic (exact) mass is 648 g/mol. The number of thiol groups is 1. The van der Waals surface area contributed by atoms with E-state index in [0.717, 1.165) is 66.4 Å². The van der Waals surface area contributed by atoms with E-state index in [0.29, 0.717) is 33.4 Å². The Labute approximate surface area is 270 Å². The first kappa shape index (κ1) is 32.8. The number of carboxylic acid groups (broad SMARTS) is 2. The summed E-state index contributed by atoms with van der Waals surface area (Å²) >= 11 is 4.44. The molecule has 8 bridgehead atoms. The van der Waals surface area contributed by atoms with Gasteiger partial charge in [-0.15, -0.1) is 44.2 Å². The van der Waals surface area contributed by atoms with Gasteiger partial charge in [-0.1, -0.05) is 64.3 Å². The third-order valence-electron chi connectivity index (χ3n) is 7.96. The summed E-state index contributed by atoms with van der Waals surface area (Å²) in [4.78, 5) is 42.8. The molecule has 5 heterocycles. The van der Waals surface area contributed by atoms with Gasteiger partial charge in [0.05, 0.1) is 0 Å². The largest absolute Gasteiger partial charge is 4.00 e. The molecule has 0 aromatic carbocycles. The van der Waals surface area contributed by atoms with Crippen LogP contribution in [0.5, 0.6) is 0 Å². The molecule has 0 unspecified atom stereocenters. The molecule has 226 valence electrons. The summed E-state index contributed by atoms with van der Waals surface area (Å²) in [6.45, 7) is 9.87. The van der Waals surface area contributed by atoms with E-state index in [2.05, 4.69) is 12.6 Å². The van der Waals surface area contributed by atoms with Crippen LogP contribution in [0, 0.1) is 27.7 Å². The molecule has 0 atom stereocenters. The van der Waals surface area contributed by atoms with Crippen molar-refractivity contribution in [1.29, 1.82) is 0 Å². The minimum atomic E-state index is -1.07. The van der Waals surface area contributed by atoms with E-state index < -0.39 is 11.9 Å². The first-order valence-electron chi connectivity index (χ1n) is 14.0. The molecular formula is C34H32FeN4O4S. The van der Waals surface area contributed by atoms with Crippen LogP contribution in [-0.4, -0.2) is 27.9 Å². The first-order valence-corrected chi connectivity index (χ1v) is 14.6. The summed E-state index contributed by atoms with van der Waals surface area (Å²) in [6.07, 6.45) is 14.6. The fraction of sp³-hybridized carbons (Fsp3) is 0.235. The standard InChI is InChI=1S/C34H32N4O4S.Fe/c1-6-21-17(2)25-13-26-18(3)22(7-9-33(39)40)31(36-26)16-32-23(8-10-34(41)42)19(4)28(38-32)15-30-24(11-12-43)20(5)27(37-30)14-29(21)35-25;/h6,8,10-11,13-16,43H,7,9,12H2,1-5H3,(H,39,40)(H,41,42);/q-4;+4/b10-8+,21-6-,24-11+,26-13-,29-14-,30-15-,31-16-;. The zero-order chi connectivity index (χ0) is 31.0. The molecule has 0 fully saturated rings. The van der Waals surface area contributed by atoms with Gasteiger partial charge in [0.1, 0.15) is 0 Å². The Balaban J connectivity index is 0.00000442. The molecule has 4 aromatic heterocycles. The fourth-order valence-corrected chi connectivity index (χ4v) is 5.78. The average molecular weight is 649 g/mol. The smallest absolute Gasteiger partial charge is 0.657 e. The van der Waals surface area contributed by atoms with Crippen molar-refractivity contribution >= 4 is 67.1 Å². The van der Waals surface area contributed by atoms with Gasteiger partial charge < -0.3 is 30.1 Å². The van der Waals surface area contributed by atoms with E-state index in [9.17, 15) is 19.8 Å². The molecule has 0 radical (unpaired) electrons. The Morgan fingerprint density at radius 2 is 1.32 bits per heavy atom. The van der Waals surface area contributed by atoms with Crippen molar-refractivity contribution in [3.63, 3.8) is 0 Å². The van der Waals surface area contributed by atoms with Crippen molar-refractivity contribution in [2.24, 2.45) is 0 Å². The summed E-state index contributed by atoms with van der Waals surface area (Å²) in [5, 5.41) is 23.6. The molecule has 0 saturated carbocycles. The van der Waals surface area contributed by atoms with Crippen LogP contribution in [0.1, 0.15) is 69.5 Å². The van der Waals surface area contributed by atoms with Crippen molar-refractivity contribution < 1.29 is 36.9 Å². The molecule has 44 heavy (non-hydrogen) atoms. The van der Waals surface area contributed by atoms with Crippen molar-refractivity contribution in [1.82, 2.24) is 19.9 Å². The molecule has 0 aliphatic carbocycles. The summed E-state index contributed by atoms with van der Waals surface area (Å²) in [7, 11) is 0. The van der Waals surface area contributed by atoms with Crippen LogP contribution >= 0.6 is 12.6 Å². The number of nitrogens with zero attached hydrogens (tertiary/aromatic N) is 4. The maximum absolute atomic E-state index is 11.5. The van der Waals surface area contributed by atoms with Gasteiger partial charge in [0.2, 0.25) is 0 Å². The van der Waals surface area contributed by atoms with Gasteiger partial charge in [-0.25, -0.2) is 4.79 Å². The minimum absolute atomic E-state index is 0. The molecule has 2 N–H and O–H groups in total. The maximum Gasteiger partial charge on any atom is 4.00 e. The number of rotatable bonds is 6. The second-order valence-corrected chi connectivity index (χ2v) is 10.9. The Morgan fingerprint density at radius 1 is 0.750 bits per heavy atom. The van der Waals surface area contributed by atoms with Crippen molar-refractivity contribution in [3.8, 4) is 0 Å². The Bertz CT molecular complexity index is 2190. The molecule has 0 saturated heterocycles. The zero-order valence-electron chi connectivity index (χ0n) is 25.0. The van der Waals surface area contributed by atoms with Crippen LogP contribution in [0.3, 0.4) is 0 Å². The van der Waals surface area contributed by atoms with Gasteiger partial charge in [-0.05, 0) is 63.1 Å². The number of carboxylic acids is 2. The van der Waals surface area contributed by atoms with Crippen LogP contribution in [0.4, 0.5) is 0 Å². The number of fused-ring (bicyclic) bond motifs is 8. The number of aromatic nitrogens is 4. The molecule has 1 aliphatic rings. The van der Waals surface area contributed by atoms with E-state index in [1.54, 1.807) is 0 Å². The molecule has 5 rings (SSSR count). The summed E-state index contributed by atoms with van der Waals surface area (Å²) in [5.74, 6) is -1.45. The van der Waals surface area contributed by atoms with Crippen molar-refractivity contribution in [2.75, 3.05) is 5.75 Å². The number of carbonyl (C=O) groups is 2. The Morgan fingerprint density at radius 3 is 1.91 bits per heavy atom. The quantitative estimate of drug-likeness (QED) is 0.133. The zero-order valence-corrected chi connectivity index (χ0v) is 27.0. The molecule has 0 amide bonds. The first-order chi connectivity index (χ1) is 20.5. The molecule has 4 aromatic rings. The van der Waals surface area contributed by atoms with Crippen LogP contribution in [0.2, 0.25) is 0 Å². The van der Waals surface area contributed by atoms with E-state index >= 15 is 0 Å². The normalized spacial score (nSPS) is 16.3. The average Bonchev–Trinajstić information content (AvgIpc) is 3.61. The van der Waals surface area contributed by atoms with Crippen molar-refractivity contribution in [3.05, 3.63) is 94.1 Å². The SMILES string of the molecule is C/C=c1/c(C)c2[n-]/c1=C\c1[n-]c(/c(=C/CS)c1C)=C\c1[n-]c(c(/C=C/C(=O)O)c1C)/C=c1\[n-]/c(c(C)c1CCC(=O)O)=C\2.[Fe+4]. The van der Waals surface area contributed by atoms with E-state index in [1.807, 2.05) is 71.1 Å². The van der Waals surface area contributed by atoms with Crippen LogP contribution in [0.15, 0.2) is 6.08 Å². The van der Waals surface area contributed by atoms with E-state index in [1.165, 1.54) is 6.08 Å². The van der Waals surface area contributed by atoms with Crippen LogP contribution < -0.4 is 51.8 Å². The fourth-order valence-electron chi connectivity index (χ4n) is 5.60. The third kappa shape index (κ3) is 6.24. The predicted octanol–water partition coefficient (Wildman–Crippen LogP) is 0.000880. The Hall–Kier alpha value is -4.11. The van der Waals surface area contributed by atoms with Crippen molar-refractivity contribution in [2.45, 2.75) is 47.5 Å². The number of hydrogen-bond acceptors (Lipinski definition) is 3. The molecule has 0 spiro atoms. The van der Waals surface area contributed by atoms with Gasteiger partial charge in [0, 0.05) is 18.2 Å². The van der Waals surface area contributed by atoms with Gasteiger partial charge in [0.15, 0.2) is 0 Å². The van der Waals surface area contributed by atoms with Crippen LogP contribution in [-0.2, 0) is 33.1 Å². The molecule has 10 heteroatoms. The van der Waals surface area contributed by atoms with Gasteiger partial charge >= 0.3 is 29.0 Å². The number of hydrogen-bond donors (Lipinski definition) is 3. The third-order valence-corrected chi connectivity index (χ3v) is 8.14. The van der Waals surface area contributed by atoms with Gasteiger partial charge in [-0.3, -0.25) is 4.79 Å². The maximum atomic E-state index is 11.5. The molecule has 8 nitrogen and oxygen atoms in total. The second-order valence-electron chi connectivity index (χ2n) is 10.6. The summed E-state index contributed by atoms with van der Waals surface area (Å²) in [6, 6.07) is 0. The topological polar surface area (TPSA) is 131 Å². The summed E-state index contributed by atoms with van der Waals surface area (Å²) < 4.78 is 0. The van der Waals surface area contributed by atoms with E-state index in [4.69, 9.17) is 19.9 Å². The Kier molecular flexibility index (Phi) is 9.88. The predicted molar refractivity (Wildman–Crippen MR) is 171 cm³/mol. The van der Waals surface area contributed by atoms with Gasteiger partial charge in [-0.2, -0.15) is 12.6 Å². The second kappa shape index (κ2) is 13.3. The summed E-state index contributed by atoms with van der Waals surface area (Å²) in [5.41, 5.74) is 7.87. The van der Waals surface area contributed by atoms with Crippen LogP contribution in [0.25, 0.3) is 42.5 Å². The van der Waals surface area contributed by atoms with Gasteiger partial charge in [0.25, 0.3) is 0 Å². The minimum Gasteiger partial charge on any atom is -0.657 e. The molecule has 1 aliphatic heterocycles.